The molecule has 4 N–H and O–H groups in total. The van der Waals surface area contributed by atoms with Gasteiger partial charge in [0.1, 0.15) is 0 Å². The van der Waals surface area contributed by atoms with Gasteiger partial charge in [-0.05, 0) is 25.5 Å². The molecule has 0 atom stereocenters. The molecule has 0 radical (unpaired) electrons. The van der Waals surface area contributed by atoms with Crippen LogP contribution in [0, 0.1) is 13.8 Å². The summed E-state index contributed by atoms with van der Waals surface area (Å²) in [5, 5.41) is 0. The molecule has 0 bridgehead atoms. The van der Waals surface area contributed by atoms with Crippen LogP contribution >= 0.6 is 0 Å². The molecule has 1 aromatic carbocycles. The van der Waals surface area contributed by atoms with Crippen LogP contribution < -0.4 is 16.4 Å². The van der Waals surface area contributed by atoms with E-state index >= 15 is 0 Å². The third-order valence-electron chi connectivity index (χ3n) is 2.60. The molecule has 2 amide bonds. The molecule has 8 heteroatoms. The summed E-state index contributed by atoms with van der Waals surface area (Å²) in [4.78, 5) is 15.7. The summed E-state index contributed by atoms with van der Waals surface area (Å²) in [5.74, 6) is -0.514. The quantitative estimate of drug-likeness (QED) is 0.613. The van der Waals surface area contributed by atoms with Crippen LogP contribution in [0.2, 0.25) is 0 Å². The van der Waals surface area contributed by atoms with E-state index in [1.165, 1.54) is 14.0 Å². The normalized spacial score (nSPS) is 11.1. The number of alkyl halides is 3. The van der Waals surface area contributed by atoms with Crippen LogP contribution in [0.15, 0.2) is 17.1 Å². The zero-order chi connectivity index (χ0) is 15.7. The summed E-state index contributed by atoms with van der Waals surface area (Å²) in [6.45, 7) is 3.03. The maximum absolute atomic E-state index is 13.1. The molecule has 20 heavy (non-hydrogen) atoms. The number of aliphatic imine (C=N–C) groups is 1. The molecular formula is C12H15F3N4O. The highest BCUT2D eigenvalue weighted by atomic mass is 19.4. The summed E-state index contributed by atoms with van der Waals surface area (Å²) in [6.07, 6.45) is -4.58. The van der Waals surface area contributed by atoms with Crippen molar-refractivity contribution in [2.45, 2.75) is 20.0 Å². The molecule has 0 aliphatic heterocycles. The van der Waals surface area contributed by atoms with Gasteiger partial charge in [-0.3, -0.25) is 4.90 Å². The van der Waals surface area contributed by atoms with Gasteiger partial charge in [0.25, 0.3) is 0 Å². The van der Waals surface area contributed by atoms with Crippen LogP contribution in [-0.4, -0.2) is 19.0 Å². The summed E-state index contributed by atoms with van der Waals surface area (Å²) < 4.78 is 39.2. The fourth-order valence-electron chi connectivity index (χ4n) is 1.90. The predicted octanol–water partition coefficient (Wildman–Crippen LogP) is 2.15. The second kappa shape index (κ2) is 5.40. The first-order valence-electron chi connectivity index (χ1n) is 5.59. The molecule has 0 unspecified atom stereocenters. The van der Waals surface area contributed by atoms with Crippen molar-refractivity contribution < 1.29 is 18.0 Å². The maximum atomic E-state index is 13.1. The van der Waals surface area contributed by atoms with Crippen LogP contribution in [0.1, 0.15) is 16.7 Å². The monoisotopic (exact) mass is 288 g/mol. The van der Waals surface area contributed by atoms with Crippen LogP contribution in [0.4, 0.5) is 23.7 Å². The van der Waals surface area contributed by atoms with E-state index in [0.29, 0.717) is 11.1 Å². The molecule has 110 valence electrons. The molecule has 0 aliphatic carbocycles. The van der Waals surface area contributed by atoms with Gasteiger partial charge in [-0.25, -0.2) is 4.79 Å². The van der Waals surface area contributed by atoms with Gasteiger partial charge in [0.15, 0.2) is 5.96 Å². The number of anilines is 1. The number of hydrogen-bond acceptors (Lipinski definition) is 1. The van der Waals surface area contributed by atoms with Crippen LogP contribution in [0.5, 0.6) is 0 Å². The Morgan fingerprint density at radius 1 is 1.25 bits per heavy atom. The number of urea groups is 1. The zero-order valence-electron chi connectivity index (χ0n) is 11.2. The Morgan fingerprint density at radius 3 is 2.25 bits per heavy atom. The summed E-state index contributed by atoms with van der Waals surface area (Å²) in [6, 6.07) is 1.55. The van der Waals surface area contributed by atoms with Crippen molar-refractivity contribution >= 4 is 17.7 Å². The maximum Gasteiger partial charge on any atom is 0.418 e. The van der Waals surface area contributed by atoms with Gasteiger partial charge in [0.2, 0.25) is 0 Å². The van der Waals surface area contributed by atoms with Crippen molar-refractivity contribution in [1.82, 2.24) is 0 Å². The number of guanidine groups is 1. The van der Waals surface area contributed by atoms with Crippen molar-refractivity contribution in [1.29, 1.82) is 0 Å². The number of nitrogens with two attached hydrogens (primary N) is 2. The van der Waals surface area contributed by atoms with Crippen molar-refractivity contribution in [3.05, 3.63) is 28.8 Å². The Balaban J connectivity index is 3.44. The summed E-state index contributed by atoms with van der Waals surface area (Å²) in [5.41, 5.74) is 9.69. The number of amides is 2. The molecule has 0 heterocycles. The lowest BCUT2D eigenvalue weighted by atomic mass is 10.0. The summed E-state index contributed by atoms with van der Waals surface area (Å²) >= 11 is 0. The van der Waals surface area contributed by atoms with Crippen LogP contribution in [0.3, 0.4) is 0 Å². The molecular weight excluding hydrogens is 273 g/mol. The number of carbonyl (C=O) groups excluding carboxylic acids is 1. The van der Waals surface area contributed by atoms with E-state index in [1.807, 2.05) is 0 Å². The topological polar surface area (TPSA) is 84.7 Å². The van der Waals surface area contributed by atoms with Gasteiger partial charge in [0.05, 0.1) is 11.3 Å². The van der Waals surface area contributed by atoms with E-state index in [0.717, 1.165) is 11.0 Å². The van der Waals surface area contributed by atoms with Crippen molar-refractivity contribution in [2.75, 3.05) is 11.9 Å². The van der Waals surface area contributed by atoms with Crippen molar-refractivity contribution in [3.63, 3.8) is 0 Å². The van der Waals surface area contributed by atoms with Crippen molar-refractivity contribution in [3.8, 4) is 0 Å². The minimum atomic E-state index is -4.58. The van der Waals surface area contributed by atoms with E-state index in [9.17, 15) is 18.0 Å². The standard InChI is InChI=1S/C12H15F3N4O/c1-6-4-7(2)9(8(5-6)12(13,14)15)19(3)11(20)18-10(16)17/h4-5H,1-3H3,(H4,16,17,18,20). The van der Waals surface area contributed by atoms with Gasteiger partial charge in [-0.1, -0.05) is 11.6 Å². The fourth-order valence-corrected chi connectivity index (χ4v) is 1.90. The first-order valence-corrected chi connectivity index (χ1v) is 5.59. The number of nitrogens with zero attached hydrogens (tertiary/aromatic N) is 2. The average molecular weight is 288 g/mol. The van der Waals surface area contributed by atoms with E-state index < -0.39 is 23.7 Å². The number of aryl methyl sites for hydroxylation is 2. The van der Waals surface area contributed by atoms with Crippen LogP contribution in [0.25, 0.3) is 0 Å². The highest BCUT2D eigenvalue weighted by Gasteiger charge is 2.36. The first-order chi connectivity index (χ1) is 9.04. The number of benzene rings is 1. The molecule has 0 aliphatic rings. The zero-order valence-corrected chi connectivity index (χ0v) is 11.2. The van der Waals surface area contributed by atoms with Gasteiger partial charge in [-0.2, -0.15) is 18.2 Å². The molecule has 1 aromatic rings. The lowest BCUT2D eigenvalue weighted by Gasteiger charge is -2.23. The number of halogens is 3. The van der Waals surface area contributed by atoms with E-state index in [4.69, 9.17) is 11.5 Å². The highest BCUT2D eigenvalue weighted by molar-refractivity contribution is 6.00. The Bertz CT molecular complexity index is 563. The molecule has 0 saturated heterocycles. The lowest BCUT2D eigenvalue weighted by molar-refractivity contribution is -0.137. The van der Waals surface area contributed by atoms with Gasteiger partial charge >= 0.3 is 12.2 Å². The molecule has 0 aromatic heterocycles. The minimum absolute atomic E-state index is 0.266. The van der Waals surface area contributed by atoms with Gasteiger partial charge in [-0.15, -0.1) is 0 Å². The Hall–Kier alpha value is -2.25. The molecule has 0 fully saturated rings. The predicted molar refractivity (Wildman–Crippen MR) is 70.5 cm³/mol. The Kier molecular flexibility index (Phi) is 4.26. The number of rotatable bonds is 1. The smallest absolute Gasteiger partial charge is 0.370 e. The number of hydrogen-bond donors (Lipinski definition) is 2. The minimum Gasteiger partial charge on any atom is -0.370 e. The second-order valence-corrected chi connectivity index (χ2v) is 4.35. The molecule has 5 nitrogen and oxygen atoms in total. The SMILES string of the molecule is Cc1cc(C)c(N(C)C(=O)N=C(N)N)c(C(F)(F)F)c1. The fraction of sp³-hybridized carbons (Fsp3) is 0.333. The van der Waals surface area contributed by atoms with Gasteiger partial charge in [0, 0.05) is 7.05 Å². The van der Waals surface area contributed by atoms with Gasteiger partial charge < -0.3 is 11.5 Å². The largest absolute Gasteiger partial charge is 0.418 e. The van der Waals surface area contributed by atoms with Crippen molar-refractivity contribution in [2.24, 2.45) is 16.5 Å². The van der Waals surface area contributed by atoms with E-state index in [2.05, 4.69) is 4.99 Å². The highest BCUT2D eigenvalue weighted by Crippen LogP contribution is 2.39. The second-order valence-electron chi connectivity index (χ2n) is 4.35. The number of carbonyl (C=O) groups is 1. The first kappa shape index (κ1) is 15.8. The Labute approximate surface area is 114 Å². The third kappa shape index (κ3) is 3.40. The summed E-state index contributed by atoms with van der Waals surface area (Å²) in [7, 11) is 1.18. The molecule has 0 saturated carbocycles. The average Bonchev–Trinajstić information content (AvgIpc) is 2.24. The lowest BCUT2D eigenvalue weighted by Crippen LogP contribution is -2.31. The van der Waals surface area contributed by atoms with Crippen LogP contribution in [-0.2, 0) is 6.18 Å². The third-order valence-corrected chi connectivity index (χ3v) is 2.60. The van der Waals surface area contributed by atoms with E-state index in [1.54, 1.807) is 13.0 Å². The Morgan fingerprint density at radius 2 is 1.80 bits per heavy atom. The molecule has 0 spiro atoms. The van der Waals surface area contributed by atoms with E-state index in [-0.39, 0.29) is 5.69 Å². The molecule has 1 rings (SSSR count).